The maximum absolute atomic E-state index is 12.1. The van der Waals surface area contributed by atoms with Crippen molar-refractivity contribution >= 4 is 5.91 Å². The third kappa shape index (κ3) is 3.34. The van der Waals surface area contributed by atoms with Gasteiger partial charge in [-0.2, -0.15) is 0 Å². The topological polar surface area (TPSA) is 47.6 Å². The number of carbonyl (C=O) groups excluding carboxylic acids is 1. The van der Waals surface area contributed by atoms with E-state index >= 15 is 0 Å². The number of hydrogen-bond donors (Lipinski definition) is 1. The van der Waals surface area contributed by atoms with Crippen molar-refractivity contribution in [2.24, 2.45) is 5.92 Å². The lowest BCUT2D eigenvalue weighted by Gasteiger charge is -2.31. The molecule has 2 aliphatic carbocycles. The minimum atomic E-state index is -0.321. The van der Waals surface area contributed by atoms with Gasteiger partial charge in [0.15, 0.2) is 5.79 Å². The van der Waals surface area contributed by atoms with Crippen LogP contribution in [0.5, 0.6) is 0 Å². The van der Waals surface area contributed by atoms with E-state index in [1.807, 2.05) is 0 Å². The first kappa shape index (κ1) is 14.3. The number of hydrogen-bond acceptors (Lipinski definition) is 3. The van der Waals surface area contributed by atoms with Crippen LogP contribution < -0.4 is 5.32 Å². The predicted octanol–water partition coefficient (Wildman–Crippen LogP) is 2.76. The molecule has 1 heterocycles. The average molecular weight is 281 g/mol. The van der Waals surface area contributed by atoms with Crippen LogP contribution in [0.25, 0.3) is 0 Å². The third-order valence-electron chi connectivity index (χ3n) is 5.01. The Morgan fingerprint density at radius 3 is 2.50 bits per heavy atom. The molecule has 3 rings (SSSR count). The van der Waals surface area contributed by atoms with Gasteiger partial charge in [-0.3, -0.25) is 4.79 Å². The van der Waals surface area contributed by atoms with E-state index in [9.17, 15) is 4.79 Å². The number of nitrogens with one attached hydrogen (secondary N) is 1. The average Bonchev–Trinajstić information content (AvgIpc) is 2.89. The Morgan fingerprint density at radius 2 is 1.75 bits per heavy atom. The Hall–Kier alpha value is -0.610. The van der Waals surface area contributed by atoms with Crippen LogP contribution in [0.2, 0.25) is 0 Å². The van der Waals surface area contributed by atoms with Crippen LogP contribution in [0, 0.1) is 5.92 Å². The molecular weight excluding hydrogens is 254 g/mol. The normalized spacial score (nSPS) is 30.5. The molecule has 1 aliphatic heterocycles. The molecule has 0 radical (unpaired) electrons. The molecule has 2 saturated carbocycles. The molecule has 1 spiro atoms. The van der Waals surface area contributed by atoms with Crippen molar-refractivity contribution < 1.29 is 14.3 Å². The molecule has 3 fully saturated rings. The Morgan fingerprint density at radius 1 is 1.05 bits per heavy atom. The van der Waals surface area contributed by atoms with Gasteiger partial charge in [0.25, 0.3) is 0 Å². The Labute approximate surface area is 121 Å². The number of carbonyl (C=O) groups is 1. The van der Waals surface area contributed by atoms with Crippen LogP contribution >= 0.6 is 0 Å². The van der Waals surface area contributed by atoms with Gasteiger partial charge in [-0.25, -0.2) is 0 Å². The summed E-state index contributed by atoms with van der Waals surface area (Å²) in [6.07, 6.45) is 11.5. The highest BCUT2D eigenvalue weighted by Gasteiger charge is 2.42. The smallest absolute Gasteiger partial charge is 0.223 e. The molecule has 3 aliphatic rings. The van der Waals surface area contributed by atoms with Crippen molar-refractivity contribution in [2.75, 3.05) is 13.2 Å². The molecule has 1 atom stereocenters. The van der Waals surface area contributed by atoms with Crippen molar-refractivity contribution in [3.05, 3.63) is 0 Å². The molecule has 114 valence electrons. The number of amides is 1. The summed E-state index contributed by atoms with van der Waals surface area (Å²) in [6.45, 7) is 1.24. The van der Waals surface area contributed by atoms with E-state index in [1.165, 1.54) is 38.5 Å². The van der Waals surface area contributed by atoms with Gasteiger partial charge in [-0.05, 0) is 25.7 Å². The summed E-state index contributed by atoms with van der Waals surface area (Å²) in [4.78, 5) is 12.1. The van der Waals surface area contributed by atoms with Crippen LogP contribution in [-0.4, -0.2) is 30.9 Å². The summed E-state index contributed by atoms with van der Waals surface area (Å²) in [5.74, 6) is 0.131. The van der Waals surface area contributed by atoms with E-state index < -0.39 is 0 Å². The monoisotopic (exact) mass is 281 g/mol. The van der Waals surface area contributed by atoms with Crippen LogP contribution in [0.4, 0.5) is 0 Å². The molecule has 0 aromatic heterocycles. The molecular formula is C16H27NO3. The van der Waals surface area contributed by atoms with Crippen LogP contribution in [-0.2, 0) is 14.3 Å². The van der Waals surface area contributed by atoms with Crippen molar-refractivity contribution in [3.8, 4) is 0 Å². The lowest BCUT2D eigenvalue weighted by molar-refractivity contribution is -0.186. The van der Waals surface area contributed by atoms with E-state index in [0.29, 0.717) is 13.2 Å². The van der Waals surface area contributed by atoms with E-state index in [2.05, 4.69) is 5.32 Å². The fourth-order valence-corrected chi connectivity index (χ4v) is 3.79. The molecule has 20 heavy (non-hydrogen) atoms. The second-order valence-corrected chi connectivity index (χ2v) is 6.60. The Kier molecular flexibility index (Phi) is 4.61. The summed E-state index contributed by atoms with van der Waals surface area (Å²) < 4.78 is 12.0. The SMILES string of the molecule is O=C(NCC1COC2(CCCCC2)O1)C1CCCCC1. The molecule has 4 nitrogen and oxygen atoms in total. The van der Waals surface area contributed by atoms with E-state index in [4.69, 9.17) is 9.47 Å². The van der Waals surface area contributed by atoms with E-state index in [-0.39, 0.29) is 23.7 Å². The maximum atomic E-state index is 12.1. The quantitative estimate of drug-likeness (QED) is 0.865. The zero-order valence-electron chi connectivity index (χ0n) is 12.4. The van der Waals surface area contributed by atoms with E-state index in [0.717, 1.165) is 25.7 Å². The zero-order valence-corrected chi connectivity index (χ0v) is 12.4. The molecule has 0 aromatic carbocycles. The van der Waals surface area contributed by atoms with Crippen LogP contribution in [0.3, 0.4) is 0 Å². The summed E-state index contributed by atoms with van der Waals surface area (Å²) in [5, 5.41) is 3.07. The van der Waals surface area contributed by atoms with Crippen molar-refractivity contribution in [2.45, 2.75) is 76.1 Å². The van der Waals surface area contributed by atoms with Gasteiger partial charge >= 0.3 is 0 Å². The van der Waals surface area contributed by atoms with Gasteiger partial charge in [-0.1, -0.05) is 25.7 Å². The largest absolute Gasteiger partial charge is 0.353 e. The number of ether oxygens (including phenoxy) is 2. The highest BCUT2D eigenvalue weighted by Crippen LogP contribution is 2.37. The number of rotatable bonds is 3. The summed E-state index contributed by atoms with van der Waals surface area (Å²) >= 11 is 0. The van der Waals surface area contributed by atoms with Gasteiger partial charge in [-0.15, -0.1) is 0 Å². The standard InChI is InChI=1S/C16H27NO3/c18-15(13-7-3-1-4-8-13)17-11-14-12-19-16(20-14)9-5-2-6-10-16/h13-14H,1-12H2,(H,17,18). The van der Waals surface area contributed by atoms with Gasteiger partial charge in [0.2, 0.25) is 5.91 Å². The lowest BCUT2D eigenvalue weighted by atomic mass is 9.88. The zero-order chi connectivity index (χ0) is 13.8. The molecule has 1 N–H and O–H groups in total. The summed E-state index contributed by atoms with van der Waals surface area (Å²) in [6, 6.07) is 0. The highest BCUT2D eigenvalue weighted by atomic mass is 16.7. The minimum absolute atomic E-state index is 0.0423. The van der Waals surface area contributed by atoms with Crippen molar-refractivity contribution in [3.63, 3.8) is 0 Å². The van der Waals surface area contributed by atoms with Crippen LogP contribution in [0.1, 0.15) is 64.2 Å². The first-order chi connectivity index (χ1) is 9.77. The Bertz CT molecular complexity index is 333. The first-order valence-corrected chi connectivity index (χ1v) is 8.37. The second-order valence-electron chi connectivity index (χ2n) is 6.60. The van der Waals surface area contributed by atoms with Crippen LogP contribution in [0.15, 0.2) is 0 Å². The molecule has 0 aromatic rings. The summed E-state index contributed by atoms with van der Waals surface area (Å²) in [5.41, 5.74) is 0. The maximum Gasteiger partial charge on any atom is 0.223 e. The first-order valence-electron chi connectivity index (χ1n) is 8.37. The van der Waals surface area contributed by atoms with Gasteiger partial charge in [0.05, 0.1) is 6.61 Å². The fraction of sp³-hybridized carbons (Fsp3) is 0.938. The van der Waals surface area contributed by atoms with Gasteiger partial charge < -0.3 is 14.8 Å². The van der Waals surface area contributed by atoms with E-state index in [1.54, 1.807) is 0 Å². The molecule has 0 bridgehead atoms. The summed E-state index contributed by atoms with van der Waals surface area (Å²) in [7, 11) is 0. The highest BCUT2D eigenvalue weighted by molar-refractivity contribution is 5.78. The van der Waals surface area contributed by atoms with Gasteiger partial charge in [0, 0.05) is 25.3 Å². The minimum Gasteiger partial charge on any atom is -0.353 e. The molecule has 1 saturated heterocycles. The molecule has 1 unspecified atom stereocenters. The third-order valence-corrected chi connectivity index (χ3v) is 5.01. The van der Waals surface area contributed by atoms with Crippen molar-refractivity contribution in [1.29, 1.82) is 0 Å². The lowest BCUT2D eigenvalue weighted by Crippen LogP contribution is -2.39. The molecule has 4 heteroatoms. The van der Waals surface area contributed by atoms with Gasteiger partial charge in [0.1, 0.15) is 6.10 Å². The Balaban J connectivity index is 1.41. The van der Waals surface area contributed by atoms with Crippen molar-refractivity contribution in [1.82, 2.24) is 5.32 Å². The fourth-order valence-electron chi connectivity index (χ4n) is 3.79. The molecule has 1 amide bonds. The predicted molar refractivity (Wildman–Crippen MR) is 76.2 cm³/mol. The second kappa shape index (κ2) is 6.44.